The highest BCUT2D eigenvalue weighted by atomic mass is 32.2. The lowest BCUT2D eigenvalue weighted by molar-refractivity contribution is -0.133. The van der Waals surface area contributed by atoms with E-state index >= 15 is 0 Å². The van der Waals surface area contributed by atoms with Crippen molar-refractivity contribution in [3.8, 4) is 0 Å². The Kier molecular flexibility index (Phi) is 8.04. The first-order chi connectivity index (χ1) is 17.4. The van der Waals surface area contributed by atoms with E-state index in [9.17, 15) is 18.0 Å². The fraction of sp³-hybridized carbons (Fsp3) is 0.643. The average Bonchev–Trinajstić information content (AvgIpc) is 3.38. The van der Waals surface area contributed by atoms with Gasteiger partial charge in [0, 0.05) is 42.6 Å². The predicted molar refractivity (Wildman–Crippen MR) is 147 cm³/mol. The van der Waals surface area contributed by atoms with Gasteiger partial charge in [-0.05, 0) is 78.5 Å². The van der Waals surface area contributed by atoms with Gasteiger partial charge in [0.25, 0.3) is 5.91 Å². The van der Waals surface area contributed by atoms with Crippen molar-refractivity contribution in [3.63, 3.8) is 0 Å². The van der Waals surface area contributed by atoms with Crippen LogP contribution >= 0.6 is 0 Å². The van der Waals surface area contributed by atoms with Gasteiger partial charge in [0.1, 0.15) is 11.7 Å². The summed E-state index contributed by atoms with van der Waals surface area (Å²) < 4.78 is 27.7. The maximum absolute atomic E-state index is 13.5. The van der Waals surface area contributed by atoms with E-state index in [0.29, 0.717) is 30.7 Å². The molecule has 1 saturated heterocycles. The molecule has 0 radical (unpaired) electrons. The van der Waals surface area contributed by atoms with Crippen LogP contribution in [0.1, 0.15) is 63.9 Å². The molecule has 0 unspecified atom stereocenters. The summed E-state index contributed by atoms with van der Waals surface area (Å²) in [5, 5.41) is 3.49. The monoisotopic (exact) mass is 530 g/mol. The van der Waals surface area contributed by atoms with Crippen LogP contribution in [0.5, 0.6) is 0 Å². The SMILES string of the molecule is CC(C)N(C)[C@@H]1CC[C@H](N2CC[C@H](NC(=O)c3cc4ccccc4n3C)C2=O)[C@H](CS(=O)(=O)C(C)C)C1. The summed E-state index contributed by atoms with van der Waals surface area (Å²) in [5.74, 6) is -0.391. The summed E-state index contributed by atoms with van der Waals surface area (Å²) in [7, 11) is 0.692. The van der Waals surface area contributed by atoms with Crippen LogP contribution < -0.4 is 5.32 Å². The van der Waals surface area contributed by atoms with Crippen LogP contribution in [-0.2, 0) is 21.7 Å². The van der Waals surface area contributed by atoms with E-state index in [0.717, 1.165) is 30.2 Å². The molecule has 0 spiro atoms. The van der Waals surface area contributed by atoms with Crippen LogP contribution in [-0.4, -0.2) is 83.4 Å². The van der Waals surface area contributed by atoms with E-state index in [-0.39, 0.29) is 29.5 Å². The number of nitrogens with one attached hydrogen (secondary N) is 1. The Bertz CT molecular complexity index is 1250. The summed E-state index contributed by atoms with van der Waals surface area (Å²) >= 11 is 0. The molecule has 1 aliphatic carbocycles. The third kappa shape index (κ3) is 5.58. The lowest BCUT2D eigenvalue weighted by Gasteiger charge is -2.44. The van der Waals surface area contributed by atoms with Gasteiger partial charge in [0.05, 0.1) is 11.0 Å². The Morgan fingerprint density at radius 2 is 1.84 bits per heavy atom. The first kappa shape index (κ1) is 27.6. The molecule has 1 saturated carbocycles. The molecule has 0 bridgehead atoms. The minimum absolute atomic E-state index is 0.0918. The molecule has 4 rings (SSSR count). The Morgan fingerprint density at radius 3 is 2.49 bits per heavy atom. The highest BCUT2D eigenvalue weighted by Gasteiger charge is 2.44. The van der Waals surface area contributed by atoms with Crippen LogP contribution in [0, 0.1) is 5.92 Å². The van der Waals surface area contributed by atoms with Crippen molar-refractivity contribution in [3.05, 3.63) is 36.0 Å². The fourth-order valence-corrected chi connectivity index (χ4v) is 7.34. The van der Waals surface area contributed by atoms with Crippen molar-refractivity contribution >= 4 is 32.6 Å². The number of hydrogen-bond acceptors (Lipinski definition) is 5. The number of aryl methyl sites for hydroxylation is 1. The summed E-state index contributed by atoms with van der Waals surface area (Å²) in [6, 6.07) is 9.59. The first-order valence-electron chi connectivity index (χ1n) is 13.5. The first-order valence-corrected chi connectivity index (χ1v) is 15.2. The Balaban J connectivity index is 1.50. The molecule has 1 N–H and O–H groups in total. The molecule has 1 aromatic carbocycles. The molecule has 8 nitrogen and oxygen atoms in total. The number of carbonyl (C=O) groups is 2. The molecule has 1 aliphatic heterocycles. The molecule has 204 valence electrons. The van der Waals surface area contributed by atoms with Gasteiger partial charge in [-0.15, -0.1) is 0 Å². The van der Waals surface area contributed by atoms with Crippen molar-refractivity contribution < 1.29 is 18.0 Å². The standard InChI is InChI=1S/C28H42N4O4S/c1-18(2)30(5)22-11-12-25(21(15-22)17-37(35,36)19(3)4)32-14-13-23(28(32)34)29-27(33)26-16-20-9-7-8-10-24(20)31(26)6/h7-10,16,18-19,21-23,25H,11-15,17H2,1-6H3,(H,29,33)/t21-,22+,23-,25-/m0/s1. The van der Waals surface area contributed by atoms with E-state index in [4.69, 9.17) is 0 Å². The van der Waals surface area contributed by atoms with E-state index in [1.54, 1.807) is 13.8 Å². The normalized spacial score (nSPS) is 25.1. The number of aromatic nitrogens is 1. The average molecular weight is 531 g/mol. The second kappa shape index (κ2) is 10.8. The highest BCUT2D eigenvalue weighted by Crippen LogP contribution is 2.35. The van der Waals surface area contributed by atoms with Gasteiger partial charge in [-0.1, -0.05) is 18.2 Å². The lowest BCUT2D eigenvalue weighted by atomic mass is 9.81. The highest BCUT2D eigenvalue weighted by molar-refractivity contribution is 7.91. The van der Waals surface area contributed by atoms with Crippen LogP contribution in [0.15, 0.2) is 30.3 Å². The number of fused-ring (bicyclic) bond motifs is 1. The number of nitrogens with zero attached hydrogens (tertiary/aromatic N) is 3. The molecule has 4 atom stereocenters. The topological polar surface area (TPSA) is 91.7 Å². The molecule has 2 amide bonds. The van der Waals surface area contributed by atoms with Crippen LogP contribution in [0.2, 0.25) is 0 Å². The number of benzene rings is 1. The number of para-hydroxylation sites is 1. The van der Waals surface area contributed by atoms with Gasteiger partial charge in [-0.25, -0.2) is 8.42 Å². The Labute approximate surface area is 221 Å². The van der Waals surface area contributed by atoms with Crippen molar-refractivity contribution in [2.24, 2.45) is 13.0 Å². The van der Waals surface area contributed by atoms with Gasteiger partial charge in [0.15, 0.2) is 9.84 Å². The predicted octanol–water partition coefficient (Wildman–Crippen LogP) is 3.21. The number of hydrogen-bond donors (Lipinski definition) is 1. The molecule has 2 aliphatic rings. The number of rotatable bonds is 8. The second-order valence-corrected chi connectivity index (χ2v) is 14.0. The maximum atomic E-state index is 13.5. The van der Waals surface area contributed by atoms with E-state index < -0.39 is 21.1 Å². The molecular weight excluding hydrogens is 488 g/mol. The molecule has 37 heavy (non-hydrogen) atoms. The zero-order valence-electron chi connectivity index (χ0n) is 23.0. The zero-order chi connectivity index (χ0) is 27.1. The number of amides is 2. The molecule has 2 fully saturated rings. The van der Waals surface area contributed by atoms with E-state index in [2.05, 4.69) is 31.1 Å². The minimum Gasteiger partial charge on any atom is -0.340 e. The number of sulfone groups is 1. The largest absolute Gasteiger partial charge is 0.340 e. The van der Waals surface area contributed by atoms with Crippen molar-refractivity contribution in [1.29, 1.82) is 0 Å². The summed E-state index contributed by atoms with van der Waals surface area (Å²) in [6.07, 6.45) is 2.98. The van der Waals surface area contributed by atoms with E-state index in [1.807, 2.05) is 46.8 Å². The summed E-state index contributed by atoms with van der Waals surface area (Å²) in [5.41, 5.74) is 1.48. The van der Waals surface area contributed by atoms with Gasteiger partial charge >= 0.3 is 0 Å². The van der Waals surface area contributed by atoms with Gasteiger partial charge in [0.2, 0.25) is 5.91 Å². The molecule has 2 aromatic rings. The third-order valence-electron chi connectivity index (χ3n) is 8.60. The summed E-state index contributed by atoms with van der Waals surface area (Å²) in [4.78, 5) is 30.9. The Morgan fingerprint density at radius 1 is 1.14 bits per heavy atom. The van der Waals surface area contributed by atoms with Gasteiger partial charge in [-0.3, -0.25) is 9.59 Å². The smallest absolute Gasteiger partial charge is 0.268 e. The minimum atomic E-state index is -3.26. The Hall–Kier alpha value is -2.39. The van der Waals surface area contributed by atoms with Crippen LogP contribution in [0.25, 0.3) is 10.9 Å². The molecule has 9 heteroatoms. The van der Waals surface area contributed by atoms with Gasteiger partial charge < -0.3 is 19.7 Å². The van der Waals surface area contributed by atoms with Crippen molar-refractivity contribution in [2.45, 2.75) is 82.8 Å². The zero-order valence-corrected chi connectivity index (χ0v) is 23.8. The van der Waals surface area contributed by atoms with Crippen molar-refractivity contribution in [1.82, 2.24) is 19.7 Å². The number of likely N-dealkylation sites (tertiary alicyclic amines) is 1. The fourth-order valence-electron chi connectivity index (χ4n) is 6.00. The van der Waals surface area contributed by atoms with E-state index in [1.165, 1.54) is 0 Å². The van der Waals surface area contributed by atoms with Crippen molar-refractivity contribution in [2.75, 3.05) is 19.3 Å². The van der Waals surface area contributed by atoms with Crippen LogP contribution in [0.4, 0.5) is 0 Å². The second-order valence-electron chi connectivity index (χ2n) is 11.4. The summed E-state index contributed by atoms with van der Waals surface area (Å²) in [6.45, 7) is 8.29. The number of carbonyl (C=O) groups excluding carboxylic acids is 2. The molecule has 1 aromatic heterocycles. The third-order valence-corrected chi connectivity index (χ3v) is 10.9. The van der Waals surface area contributed by atoms with Gasteiger partial charge in [-0.2, -0.15) is 0 Å². The maximum Gasteiger partial charge on any atom is 0.268 e. The quantitative estimate of drug-likeness (QED) is 0.566. The lowest BCUT2D eigenvalue weighted by Crippen LogP contribution is -2.53. The van der Waals surface area contributed by atoms with Crippen LogP contribution in [0.3, 0.4) is 0 Å². The molecule has 2 heterocycles. The molecular formula is C28H42N4O4S.